The first-order valence-electron chi connectivity index (χ1n) is 10.2. The highest BCUT2D eigenvalue weighted by atomic mass is 16.5. The Balaban J connectivity index is 1.65. The van der Waals surface area contributed by atoms with Crippen molar-refractivity contribution in [1.29, 1.82) is 0 Å². The summed E-state index contributed by atoms with van der Waals surface area (Å²) >= 11 is 0. The van der Waals surface area contributed by atoms with Gasteiger partial charge in [-0.05, 0) is 31.4 Å². The molecule has 1 aliphatic heterocycles. The number of carbonyl (C=O) groups excluding carboxylic acids is 1. The predicted octanol–water partition coefficient (Wildman–Crippen LogP) is 3.38. The molecule has 4 rings (SSSR count). The summed E-state index contributed by atoms with van der Waals surface area (Å²) in [4.78, 5) is 27.1. The Kier molecular flexibility index (Phi) is 5.76. The zero-order valence-electron chi connectivity index (χ0n) is 16.9. The number of methoxy groups -OCH3 is 1. The minimum Gasteiger partial charge on any atom is -0.383 e. The second-order valence-corrected chi connectivity index (χ2v) is 7.41. The number of carbonyl (C=O) groups is 1. The highest BCUT2D eigenvalue weighted by Crippen LogP contribution is 2.30. The lowest BCUT2D eigenvalue weighted by molar-refractivity contribution is 0.0955. The maximum Gasteiger partial charge on any atom is 0.255 e. The summed E-state index contributed by atoms with van der Waals surface area (Å²) in [6.45, 7) is 4.43. The number of hydrogen-bond acceptors (Lipinski definition) is 5. The third kappa shape index (κ3) is 3.96. The van der Waals surface area contributed by atoms with E-state index in [1.807, 2.05) is 19.1 Å². The first kappa shape index (κ1) is 19.4. The standard InChI is InChI=1S/C22H27N5O2/c1-3-9-23-22(28)18-12-24-21-20(18)26-19(13-25-21)15-6-4-7-16(11-15)27-10-5-8-17(27)14-29-2/h4,6-7,11-13,17H,3,5,8-10,14H2,1-2H3,(H,23,28)(H,24,25). The Morgan fingerprint density at radius 1 is 1.41 bits per heavy atom. The van der Waals surface area contributed by atoms with Gasteiger partial charge >= 0.3 is 0 Å². The zero-order chi connectivity index (χ0) is 20.2. The van der Waals surface area contributed by atoms with Gasteiger partial charge in [-0.25, -0.2) is 9.97 Å². The average molecular weight is 393 g/mol. The number of amides is 1. The highest BCUT2D eigenvalue weighted by Gasteiger charge is 2.25. The van der Waals surface area contributed by atoms with Crippen LogP contribution in [0.2, 0.25) is 0 Å². The number of hydrogen-bond donors (Lipinski definition) is 2. The molecule has 0 aliphatic carbocycles. The molecule has 7 heteroatoms. The molecular weight excluding hydrogens is 366 g/mol. The van der Waals surface area contributed by atoms with Crippen LogP contribution in [0.3, 0.4) is 0 Å². The molecule has 29 heavy (non-hydrogen) atoms. The van der Waals surface area contributed by atoms with Crippen LogP contribution in [0.5, 0.6) is 0 Å². The minimum absolute atomic E-state index is 0.127. The van der Waals surface area contributed by atoms with Gasteiger partial charge in [0.05, 0.1) is 30.1 Å². The Hall–Kier alpha value is -2.93. The van der Waals surface area contributed by atoms with E-state index >= 15 is 0 Å². The number of H-pyrrole nitrogens is 1. The maximum atomic E-state index is 12.4. The van der Waals surface area contributed by atoms with Crippen molar-refractivity contribution in [2.45, 2.75) is 32.2 Å². The number of rotatable bonds is 7. The molecule has 7 nitrogen and oxygen atoms in total. The van der Waals surface area contributed by atoms with Crippen LogP contribution in [0, 0.1) is 0 Å². The average Bonchev–Trinajstić information content (AvgIpc) is 3.39. The third-order valence-electron chi connectivity index (χ3n) is 5.37. The summed E-state index contributed by atoms with van der Waals surface area (Å²) in [7, 11) is 1.75. The number of fused-ring (bicyclic) bond motifs is 1. The van der Waals surface area contributed by atoms with Crippen LogP contribution in [0.1, 0.15) is 36.5 Å². The molecule has 2 N–H and O–H groups in total. The number of aromatic amines is 1. The Morgan fingerprint density at radius 2 is 2.31 bits per heavy atom. The van der Waals surface area contributed by atoms with Crippen molar-refractivity contribution in [3.8, 4) is 11.3 Å². The van der Waals surface area contributed by atoms with Crippen molar-refractivity contribution in [1.82, 2.24) is 20.3 Å². The van der Waals surface area contributed by atoms with Gasteiger partial charge in [-0.1, -0.05) is 19.1 Å². The lowest BCUT2D eigenvalue weighted by Crippen LogP contribution is -2.32. The molecule has 3 heterocycles. The van der Waals surface area contributed by atoms with Crippen LogP contribution in [-0.2, 0) is 4.74 Å². The normalized spacial score (nSPS) is 16.5. The quantitative estimate of drug-likeness (QED) is 0.643. The van der Waals surface area contributed by atoms with Gasteiger partial charge < -0.3 is 19.9 Å². The summed E-state index contributed by atoms with van der Waals surface area (Å²) in [6, 6.07) is 8.76. The number of benzene rings is 1. The summed E-state index contributed by atoms with van der Waals surface area (Å²) in [6.07, 6.45) is 6.63. The van der Waals surface area contributed by atoms with Crippen LogP contribution in [0.25, 0.3) is 22.4 Å². The molecule has 1 unspecified atom stereocenters. The van der Waals surface area contributed by atoms with Gasteiger partial charge in [-0.15, -0.1) is 0 Å². The summed E-state index contributed by atoms with van der Waals surface area (Å²) in [5.41, 5.74) is 4.65. The fourth-order valence-electron chi connectivity index (χ4n) is 3.92. The molecule has 1 aliphatic rings. The second kappa shape index (κ2) is 8.61. The molecule has 0 radical (unpaired) electrons. The first-order valence-corrected chi connectivity index (χ1v) is 10.2. The molecule has 1 amide bonds. The molecule has 2 aromatic heterocycles. The first-order chi connectivity index (χ1) is 14.2. The van der Waals surface area contributed by atoms with E-state index in [1.165, 1.54) is 12.1 Å². The van der Waals surface area contributed by atoms with Crippen molar-refractivity contribution in [2.24, 2.45) is 0 Å². The van der Waals surface area contributed by atoms with Crippen LogP contribution in [-0.4, -0.2) is 53.7 Å². The molecule has 1 atom stereocenters. The molecule has 1 aromatic carbocycles. The van der Waals surface area contributed by atoms with Gasteiger partial charge in [-0.3, -0.25) is 4.79 Å². The van der Waals surface area contributed by atoms with Crippen LogP contribution in [0.4, 0.5) is 5.69 Å². The Labute approximate surface area is 170 Å². The number of nitrogens with one attached hydrogen (secondary N) is 2. The fraction of sp³-hybridized carbons (Fsp3) is 0.409. The summed E-state index contributed by atoms with van der Waals surface area (Å²) in [5, 5.41) is 2.90. The number of anilines is 1. The predicted molar refractivity (Wildman–Crippen MR) is 114 cm³/mol. The van der Waals surface area contributed by atoms with Crippen LogP contribution < -0.4 is 10.2 Å². The minimum atomic E-state index is -0.127. The van der Waals surface area contributed by atoms with Gasteiger partial charge in [0.1, 0.15) is 5.52 Å². The lowest BCUT2D eigenvalue weighted by Gasteiger charge is -2.26. The van der Waals surface area contributed by atoms with Gasteiger partial charge in [-0.2, -0.15) is 0 Å². The summed E-state index contributed by atoms with van der Waals surface area (Å²) < 4.78 is 5.39. The summed E-state index contributed by atoms with van der Waals surface area (Å²) in [5.74, 6) is -0.127. The van der Waals surface area contributed by atoms with E-state index in [2.05, 4.69) is 32.3 Å². The monoisotopic (exact) mass is 393 g/mol. The molecular formula is C22H27N5O2. The van der Waals surface area contributed by atoms with Crippen molar-refractivity contribution in [3.63, 3.8) is 0 Å². The lowest BCUT2D eigenvalue weighted by atomic mass is 10.1. The maximum absolute atomic E-state index is 12.4. The molecule has 0 bridgehead atoms. The molecule has 0 saturated carbocycles. The molecule has 152 valence electrons. The third-order valence-corrected chi connectivity index (χ3v) is 5.37. The molecule has 1 fully saturated rings. The smallest absolute Gasteiger partial charge is 0.255 e. The van der Waals surface area contributed by atoms with E-state index in [4.69, 9.17) is 9.72 Å². The van der Waals surface area contributed by atoms with Crippen molar-refractivity contribution in [3.05, 3.63) is 42.2 Å². The van der Waals surface area contributed by atoms with Crippen LogP contribution in [0.15, 0.2) is 36.7 Å². The molecule has 1 saturated heterocycles. The van der Waals surface area contributed by atoms with E-state index in [0.29, 0.717) is 29.3 Å². The zero-order valence-corrected chi connectivity index (χ0v) is 16.9. The van der Waals surface area contributed by atoms with E-state index in [0.717, 1.165) is 37.3 Å². The SMILES string of the molecule is CCCNC(=O)c1c[nH]c2ncc(-c3cccc(N4CCCC4COC)c3)nc12. The fourth-order valence-corrected chi connectivity index (χ4v) is 3.92. The number of aromatic nitrogens is 3. The molecule has 3 aromatic rings. The van der Waals surface area contributed by atoms with E-state index in [1.54, 1.807) is 19.5 Å². The van der Waals surface area contributed by atoms with Crippen molar-refractivity contribution in [2.75, 3.05) is 31.7 Å². The van der Waals surface area contributed by atoms with Gasteiger partial charge in [0.2, 0.25) is 0 Å². The number of nitrogens with zero attached hydrogens (tertiary/aromatic N) is 3. The van der Waals surface area contributed by atoms with Gasteiger partial charge in [0.25, 0.3) is 5.91 Å². The Bertz CT molecular complexity index is 1000. The van der Waals surface area contributed by atoms with Crippen LogP contribution >= 0.6 is 0 Å². The van der Waals surface area contributed by atoms with E-state index in [-0.39, 0.29) is 5.91 Å². The highest BCUT2D eigenvalue weighted by molar-refractivity contribution is 6.04. The second-order valence-electron chi connectivity index (χ2n) is 7.41. The largest absolute Gasteiger partial charge is 0.383 e. The van der Waals surface area contributed by atoms with E-state index < -0.39 is 0 Å². The molecule has 0 spiro atoms. The Morgan fingerprint density at radius 3 is 3.14 bits per heavy atom. The number of ether oxygens (including phenoxy) is 1. The van der Waals surface area contributed by atoms with Crippen molar-refractivity contribution >= 4 is 22.8 Å². The van der Waals surface area contributed by atoms with Gasteiger partial charge in [0, 0.05) is 37.6 Å². The van der Waals surface area contributed by atoms with E-state index in [9.17, 15) is 4.79 Å². The topological polar surface area (TPSA) is 83.1 Å². The van der Waals surface area contributed by atoms with Gasteiger partial charge in [0.15, 0.2) is 5.65 Å². The van der Waals surface area contributed by atoms with Crippen molar-refractivity contribution < 1.29 is 9.53 Å².